The van der Waals surface area contributed by atoms with E-state index in [2.05, 4.69) is 4.98 Å². The molecule has 112 valence electrons. The van der Waals surface area contributed by atoms with Crippen LogP contribution in [-0.2, 0) is 10.0 Å². The van der Waals surface area contributed by atoms with Gasteiger partial charge in [0.1, 0.15) is 16.7 Å². The Morgan fingerprint density at radius 1 is 1.14 bits per heavy atom. The van der Waals surface area contributed by atoms with Gasteiger partial charge < -0.3 is 0 Å². The molecule has 21 heavy (non-hydrogen) atoms. The van der Waals surface area contributed by atoms with Gasteiger partial charge in [-0.05, 0) is 43.2 Å². The number of sulfonamides is 1. The number of nitriles is 1. The topological polar surface area (TPSA) is 74.1 Å². The van der Waals surface area contributed by atoms with Crippen molar-refractivity contribution in [2.24, 2.45) is 5.41 Å². The second-order valence-corrected chi connectivity index (χ2v) is 8.04. The van der Waals surface area contributed by atoms with Gasteiger partial charge in [0, 0.05) is 19.3 Å². The van der Waals surface area contributed by atoms with Crippen LogP contribution in [0.2, 0.25) is 0 Å². The number of pyridine rings is 1. The minimum atomic E-state index is -3.47. The van der Waals surface area contributed by atoms with Crippen molar-refractivity contribution < 1.29 is 8.42 Å². The molecule has 3 rings (SSSR count). The largest absolute Gasteiger partial charge is 0.244 e. The van der Waals surface area contributed by atoms with E-state index < -0.39 is 10.0 Å². The fourth-order valence-electron chi connectivity index (χ4n) is 3.57. The zero-order valence-electron chi connectivity index (χ0n) is 12.0. The van der Waals surface area contributed by atoms with E-state index in [1.54, 1.807) is 4.31 Å². The summed E-state index contributed by atoms with van der Waals surface area (Å²) < 4.78 is 26.8. The van der Waals surface area contributed by atoms with E-state index in [9.17, 15) is 8.42 Å². The van der Waals surface area contributed by atoms with Crippen LogP contribution < -0.4 is 0 Å². The fourth-order valence-corrected chi connectivity index (χ4v) is 4.96. The van der Waals surface area contributed by atoms with Crippen molar-refractivity contribution in [1.82, 2.24) is 9.29 Å². The molecule has 0 amide bonds. The Hall–Kier alpha value is -1.45. The van der Waals surface area contributed by atoms with Gasteiger partial charge in [-0.1, -0.05) is 12.8 Å². The molecule has 1 saturated carbocycles. The highest BCUT2D eigenvalue weighted by molar-refractivity contribution is 7.89. The molecule has 0 radical (unpaired) electrons. The monoisotopic (exact) mass is 305 g/mol. The molecule has 2 heterocycles. The van der Waals surface area contributed by atoms with Gasteiger partial charge in [0.05, 0.1) is 0 Å². The number of hydrogen-bond donors (Lipinski definition) is 0. The van der Waals surface area contributed by atoms with Gasteiger partial charge >= 0.3 is 0 Å². The second-order valence-electron chi connectivity index (χ2n) is 6.10. The van der Waals surface area contributed by atoms with Crippen LogP contribution in [0.3, 0.4) is 0 Å². The number of piperidine rings is 1. The third-order valence-corrected chi connectivity index (χ3v) is 6.82. The molecule has 0 atom stereocenters. The summed E-state index contributed by atoms with van der Waals surface area (Å²) in [5, 5.41) is 8.73. The van der Waals surface area contributed by atoms with Crippen LogP contribution in [0.15, 0.2) is 23.2 Å². The number of rotatable bonds is 2. The van der Waals surface area contributed by atoms with Gasteiger partial charge in [-0.25, -0.2) is 13.4 Å². The molecule has 1 saturated heterocycles. The number of nitrogens with zero attached hydrogens (tertiary/aromatic N) is 3. The van der Waals surface area contributed by atoms with Crippen LogP contribution in [0.4, 0.5) is 0 Å². The maximum Gasteiger partial charge on any atom is 0.244 e. The van der Waals surface area contributed by atoms with Crippen molar-refractivity contribution in [3.05, 3.63) is 24.0 Å². The summed E-state index contributed by atoms with van der Waals surface area (Å²) in [6.07, 6.45) is 8.29. The van der Waals surface area contributed by atoms with Gasteiger partial charge in [0.2, 0.25) is 10.0 Å². The Kier molecular flexibility index (Phi) is 3.72. The van der Waals surface area contributed by atoms with Crippen molar-refractivity contribution >= 4 is 10.0 Å². The van der Waals surface area contributed by atoms with E-state index >= 15 is 0 Å². The lowest BCUT2D eigenvalue weighted by Crippen LogP contribution is -2.42. The Labute approximate surface area is 125 Å². The van der Waals surface area contributed by atoms with Crippen LogP contribution >= 0.6 is 0 Å². The lowest BCUT2D eigenvalue weighted by Gasteiger charge is -2.38. The lowest BCUT2D eigenvalue weighted by molar-refractivity contribution is 0.160. The molecule has 2 aliphatic rings. The van der Waals surface area contributed by atoms with Crippen molar-refractivity contribution in [3.8, 4) is 6.07 Å². The second kappa shape index (κ2) is 5.39. The van der Waals surface area contributed by atoms with Gasteiger partial charge in [-0.15, -0.1) is 0 Å². The third-order valence-electron chi connectivity index (χ3n) is 4.94. The zero-order valence-corrected chi connectivity index (χ0v) is 12.8. The highest BCUT2D eigenvalue weighted by Crippen LogP contribution is 2.46. The first-order valence-electron chi connectivity index (χ1n) is 7.42. The predicted octanol–water partition coefficient (Wildman–Crippen LogP) is 2.30. The summed E-state index contributed by atoms with van der Waals surface area (Å²) in [7, 11) is -3.47. The molecule has 5 nitrogen and oxygen atoms in total. The highest BCUT2D eigenvalue weighted by Gasteiger charge is 2.40. The van der Waals surface area contributed by atoms with Crippen LogP contribution in [0, 0.1) is 16.7 Å². The number of aromatic nitrogens is 1. The Morgan fingerprint density at radius 3 is 2.33 bits per heavy atom. The van der Waals surface area contributed by atoms with E-state index in [0.717, 1.165) is 12.8 Å². The molecule has 0 aromatic carbocycles. The lowest BCUT2D eigenvalue weighted by atomic mass is 9.78. The first kappa shape index (κ1) is 14.5. The van der Waals surface area contributed by atoms with E-state index in [1.165, 1.54) is 44.0 Å². The number of hydrogen-bond acceptors (Lipinski definition) is 4. The molecule has 1 aliphatic carbocycles. The summed E-state index contributed by atoms with van der Waals surface area (Å²) in [4.78, 5) is 4.05. The van der Waals surface area contributed by atoms with Crippen molar-refractivity contribution in [2.75, 3.05) is 13.1 Å². The van der Waals surface area contributed by atoms with E-state index in [-0.39, 0.29) is 10.6 Å². The predicted molar refractivity (Wildman–Crippen MR) is 77.8 cm³/mol. The average Bonchev–Trinajstić information content (AvgIpc) is 2.96. The third kappa shape index (κ3) is 2.68. The summed E-state index contributed by atoms with van der Waals surface area (Å²) in [5.74, 6) is 0. The summed E-state index contributed by atoms with van der Waals surface area (Å²) >= 11 is 0. The van der Waals surface area contributed by atoms with Gasteiger partial charge in [-0.3, -0.25) is 0 Å². The molecule has 2 fully saturated rings. The van der Waals surface area contributed by atoms with Crippen LogP contribution in [0.25, 0.3) is 0 Å². The summed E-state index contributed by atoms with van der Waals surface area (Å²) in [6, 6.07) is 4.83. The first-order chi connectivity index (χ1) is 10.1. The minimum absolute atomic E-state index is 0.184. The molecule has 1 aliphatic heterocycles. The Morgan fingerprint density at radius 2 is 1.81 bits per heavy atom. The molecule has 0 unspecified atom stereocenters. The summed E-state index contributed by atoms with van der Waals surface area (Å²) in [5.41, 5.74) is 0.632. The fraction of sp³-hybridized carbons (Fsp3) is 0.600. The van der Waals surface area contributed by atoms with Crippen LogP contribution in [-0.4, -0.2) is 30.8 Å². The maximum atomic E-state index is 12.6. The minimum Gasteiger partial charge on any atom is -0.244 e. The van der Waals surface area contributed by atoms with Crippen LogP contribution in [0.1, 0.15) is 44.2 Å². The molecular weight excluding hydrogens is 286 g/mol. The Balaban J connectivity index is 1.75. The van der Waals surface area contributed by atoms with Gasteiger partial charge in [0.25, 0.3) is 0 Å². The van der Waals surface area contributed by atoms with E-state index in [1.807, 2.05) is 6.07 Å². The molecule has 0 N–H and O–H groups in total. The molecule has 1 spiro atoms. The van der Waals surface area contributed by atoms with Gasteiger partial charge in [-0.2, -0.15) is 9.57 Å². The molecule has 0 bridgehead atoms. The van der Waals surface area contributed by atoms with Crippen molar-refractivity contribution in [3.63, 3.8) is 0 Å². The SMILES string of the molecule is N#Cc1ccc(S(=O)(=O)N2CCC3(CCCC3)CC2)cn1. The Bertz CT molecular complexity index is 645. The molecular formula is C15H19N3O2S. The van der Waals surface area contributed by atoms with Crippen molar-refractivity contribution in [2.45, 2.75) is 43.4 Å². The van der Waals surface area contributed by atoms with Crippen molar-refractivity contribution in [1.29, 1.82) is 5.26 Å². The molecule has 6 heteroatoms. The first-order valence-corrected chi connectivity index (χ1v) is 8.86. The highest BCUT2D eigenvalue weighted by atomic mass is 32.2. The normalized spacial score (nSPS) is 22.2. The molecule has 1 aromatic rings. The zero-order chi connectivity index (χ0) is 14.9. The molecule has 1 aromatic heterocycles. The average molecular weight is 305 g/mol. The van der Waals surface area contributed by atoms with E-state index in [4.69, 9.17) is 5.26 Å². The standard InChI is InChI=1S/C15H19N3O2S/c16-11-13-3-4-14(12-17-13)21(19,20)18-9-7-15(8-10-18)5-1-2-6-15/h3-4,12H,1-2,5-10H2. The smallest absolute Gasteiger partial charge is 0.244 e. The van der Waals surface area contributed by atoms with Gasteiger partial charge in [0.15, 0.2) is 0 Å². The summed E-state index contributed by atoms with van der Waals surface area (Å²) in [6.45, 7) is 1.20. The quantitative estimate of drug-likeness (QED) is 0.840. The maximum absolute atomic E-state index is 12.6. The van der Waals surface area contributed by atoms with Crippen LogP contribution in [0.5, 0.6) is 0 Å². The van der Waals surface area contributed by atoms with E-state index in [0.29, 0.717) is 18.5 Å².